The van der Waals surface area contributed by atoms with Crippen molar-refractivity contribution in [3.63, 3.8) is 0 Å². The highest BCUT2D eigenvalue weighted by Crippen LogP contribution is 2.02. The van der Waals surface area contributed by atoms with Crippen molar-refractivity contribution in [3.8, 4) is 0 Å². The van der Waals surface area contributed by atoms with Gasteiger partial charge >= 0.3 is 0 Å². The maximum Gasteiger partial charge on any atom is 0.0327 e. The molecular formula is C10H22N2. The molecule has 0 rings (SSSR count). The first-order chi connectivity index (χ1) is 5.81. The van der Waals surface area contributed by atoms with Crippen molar-refractivity contribution in [2.45, 2.75) is 39.0 Å². The fourth-order valence-corrected chi connectivity index (χ4v) is 1.23. The molecule has 12 heavy (non-hydrogen) atoms. The lowest BCUT2D eigenvalue weighted by Crippen LogP contribution is -2.21. The van der Waals surface area contributed by atoms with Crippen molar-refractivity contribution in [2.75, 3.05) is 20.1 Å². The van der Waals surface area contributed by atoms with Crippen LogP contribution in [0.3, 0.4) is 0 Å². The third-order valence-electron chi connectivity index (χ3n) is 2.05. The minimum absolute atomic E-state index is 0.799. The topological polar surface area (TPSA) is 27.1 Å². The SMILES string of the molecule is CCCCCCCN(C)CC=N. The van der Waals surface area contributed by atoms with Crippen LogP contribution in [0.4, 0.5) is 0 Å². The summed E-state index contributed by atoms with van der Waals surface area (Å²) in [6, 6.07) is 0. The van der Waals surface area contributed by atoms with Crippen molar-refractivity contribution >= 4 is 6.21 Å². The molecule has 0 radical (unpaired) electrons. The van der Waals surface area contributed by atoms with E-state index in [9.17, 15) is 0 Å². The van der Waals surface area contributed by atoms with Gasteiger partial charge in [0.15, 0.2) is 0 Å². The van der Waals surface area contributed by atoms with Gasteiger partial charge in [-0.2, -0.15) is 0 Å². The molecule has 0 saturated carbocycles. The third-order valence-corrected chi connectivity index (χ3v) is 2.05. The molecule has 2 heteroatoms. The Hall–Kier alpha value is -0.370. The van der Waals surface area contributed by atoms with Gasteiger partial charge in [0.25, 0.3) is 0 Å². The van der Waals surface area contributed by atoms with Crippen LogP contribution in [-0.4, -0.2) is 31.3 Å². The molecule has 0 aromatic rings. The van der Waals surface area contributed by atoms with E-state index in [0.29, 0.717) is 0 Å². The predicted molar refractivity (Wildman–Crippen MR) is 55.0 cm³/mol. The van der Waals surface area contributed by atoms with Crippen molar-refractivity contribution in [1.29, 1.82) is 5.41 Å². The Morgan fingerprint density at radius 2 is 1.83 bits per heavy atom. The van der Waals surface area contributed by atoms with E-state index in [1.807, 2.05) is 0 Å². The number of hydrogen-bond acceptors (Lipinski definition) is 2. The van der Waals surface area contributed by atoms with E-state index >= 15 is 0 Å². The molecule has 0 saturated heterocycles. The van der Waals surface area contributed by atoms with Gasteiger partial charge in [-0.05, 0) is 20.0 Å². The van der Waals surface area contributed by atoms with Crippen LogP contribution in [0.5, 0.6) is 0 Å². The van der Waals surface area contributed by atoms with Crippen LogP contribution in [0.2, 0.25) is 0 Å². The van der Waals surface area contributed by atoms with Crippen molar-refractivity contribution in [1.82, 2.24) is 4.90 Å². The summed E-state index contributed by atoms with van der Waals surface area (Å²) in [5.41, 5.74) is 0. The van der Waals surface area contributed by atoms with Gasteiger partial charge in [0.2, 0.25) is 0 Å². The van der Waals surface area contributed by atoms with Crippen molar-refractivity contribution in [2.24, 2.45) is 0 Å². The number of nitrogens with one attached hydrogen (secondary N) is 1. The molecule has 0 aromatic carbocycles. The minimum atomic E-state index is 0.799. The molecule has 0 spiro atoms. The fourth-order valence-electron chi connectivity index (χ4n) is 1.23. The molecule has 0 aliphatic heterocycles. The van der Waals surface area contributed by atoms with Crippen LogP contribution in [0.25, 0.3) is 0 Å². The van der Waals surface area contributed by atoms with Crippen molar-refractivity contribution < 1.29 is 0 Å². The summed E-state index contributed by atoms with van der Waals surface area (Å²) in [7, 11) is 2.07. The zero-order valence-corrected chi connectivity index (χ0v) is 8.47. The minimum Gasteiger partial charge on any atom is -0.312 e. The molecule has 0 heterocycles. The Labute approximate surface area is 76.5 Å². The second-order valence-corrected chi connectivity index (χ2v) is 3.38. The van der Waals surface area contributed by atoms with Gasteiger partial charge in [-0.1, -0.05) is 32.6 Å². The summed E-state index contributed by atoms with van der Waals surface area (Å²) in [6.45, 7) is 4.17. The molecule has 0 unspecified atom stereocenters. The number of rotatable bonds is 8. The molecule has 0 fully saturated rings. The lowest BCUT2D eigenvalue weighted by Gasteiger charge is -2.12. The molecule has 0 bridgehead atoms. The van der Waals surface area contributed by atoms with Crippen LogP contribution >= 0.6 is 0 Å². The number of nitrogens with zero attached hydrogens (tertiary/aromatic N) is 1. The molecular weight excluding hydrogens is 148 g/mol. The number of unbranched alkanes of at least 4 members (excludes halogenated alkanes) is 4. The Balaban J connectivity index is 3.02. The van der Waals surface area contributed by atoms with Gasteiger partial charge in [-0.3, -0.25) is 0 Å². The largest absolute Gasteiger partial charge is 0.312 e. The second-order valence-electron chi connectivity index (χ2n) is 3.38. The van der Waals surface area contributed by atoms with Crippen LogP contribution in [0.1, 0.15) is 39.0 Å². The highest BCUT2D eigenvalue weighted by atomic mass is 15.1. The molecule has 0 amide bonds. The van der Waals surface area contributed by atoms with E-state index in [-0.39, 0.29) is 0 Å². The van der Waals surface area contributed by atoms with E-state index in [1.54, 1.807) is 0 Å². The average Bonchev–Trinajstić information content (AvgIpc) is 2.05. The predicted octanol–water partition coefficient (Wildman–Crippen LogP) is 2.54. The lowest BCUT2D eigenvalue weighted by molar-refractivity contribution is 0.368. The van der Waals surface area contributed by atoms with Gasteiger partial charge in [-0.15, -0.1) is 0 Å². The summed E-state index contributed by atoms with van der Waals surface area (Å²) in [5, 5.41) is 6.91. The molecule has 0 aliphatic carbocycles. The zero-order valence-electron chi connectivity index (χ0n) is 8.47. The maximum absolute atomic E-state index is 6.91. The van der Waals surface area contributed by atoms with Crippen LogP contribution in [-0.2, 0) is 0 Å². The third kappa shape index (κ3) is 7.73. The summed E-state index contributed by atoms with van der Waals surface area (Å²) in [5.74, 6) is 0. The average molecular weight is 170 g/mol. The first-order valence-corrected chi connectivity index (χ1v) is 4.98. The molecule has 2 nitrogen and oxygen atoms in total. The van der Waals surface area contributed by atoms with Crippen LogP contribution in [0, 0.1) is 5.41 Å². The van der Waals surface area contributed by atoms with Gasteiger partial charge in [0.05, 0.1) is 0 Å². The Morgan fingerprint density at radius 3 is 2.42 bits per heavy atom. The van der Waals surface area contributed by atoms with Crippen LogP contribution < -0.4 is 0 Å². The molecule has 0 aromatic heterocycles. The summed E-state index contributed by atoms with van der Waals surface area (Å²) >= 11 is 0. The molecule has 1 N–H and O–H groups in total. The highest BCUT2D eigenvalue weighted by molar-refractivity contribution is 5.55. The van der Waals surface area contributed by atoms with Gasteiger partial charge in [0, 0.05) is 12.8 Å². The van der Waals surface area contributed by atoms with Gasteiger partial charge in [0.1, 0.15) is 0 Å². The Kier molecular flexibility index (Phi) is 8.46. The quantitative estimate of drug-likeness (QED) is 0.440. The fraction of sp³-hybridized carbons (Fsp3) is 0.900. The van der Waals surface area contributed by atoms with E-state index in [2.05, 4.69) is 18.9 Å². The Bertz CT molecular complexity index is 102. The molecule has 0 atom stereocenters. The maximum atomic E-state index is 6.91. The lowest BCUT2D eigenvalue weighted by atomic mass is 10.1. The smallest absolute Gasteiger partial charge is 0.0327 e. The van der Waals surface area contributed by atoms with Gasteiger partial charge < -0.3 is 10.3 Å². The number of hydrogen-bond donors (Lipinski definition) is 1. The highest BCUT2D eigenvalue weighted by Gasteiger charge is 1.94. The molecule has 0 aliphatic rings. The van der Waals surface area contributed by atoms with Crippen LogP contribution in [0.15, 0.2) is 0 Å². The van der Waals surface area contributed by atoms with E-state index in [1.165, 1.54) is 38.3 Å². The first kappa shape index (κ1) is 11.6. The van der Waals surface area contributed by atoms with E-state index < -0.39 is 0 Å². The molecule has 72 valence electrons. The standard InChI is InChI=1S/C10H22N2/c1-3-4-5-6-7-9-12(2)10-8-11/h8,11H,3-7,9-10H2,1-2H3. The zero-order chi connectivity index (χ0) is 9.23. The van der Waals surface area contributed by atoms with Crippen molar-refractivity contribution in [3.05, 3.63) is 0 Å². The second kappa shape index (κ2) is 8.72. The monoisotopic (exact) mass is 170 g/mol. The summed E-state index contributed by atoms with van der Waals surface area (Å²) < 4.78 is 0. The first-order valence-electron chi connectivity index (χ1n) is 4.98. The van der Waals surface area contributed by atoms with E-state index in [0.717, 1.165) is 13.1 Å². The van der Waals surface area contributed by atoms with Gasteiger partial charge in [-0.25, -0.2) is 0 Å². The summed E-state index contributed by atoms with van der Waals surface area (Å²) in [4.78, 5) is 2.19. The Morgan fingerprint density at radius 1 is 1.17 bits per heavy atom. The van der Waals surface area contributed by atoms with E-state index in [4.69, 9.17) is 5.41 Å². The summed E-state index contributed by atoms with van der Waals surface area (Å²) in [6.07, 6.45) is 8.14. The normalized spacial score (nSPS) is 10.6.